The first-order valence-electron chi connectivity index (χ1n) is 7.48. The average molecular weight is 309 g/mol. The fraction of sp³-hybridized carbons (Fsp3) is 0.267. The van der Waals surface area contributed by atoms with E-state index in [9.17, 15) is 4.79 Å². The molecular weight excluding hydrogens is 294 g/mol. The fourth-order valence-corrected chi connectivity index (χ4v) is 2.65. The van der Waals surface area contributed by atoms with Gasteiger partial charge in [0.1, 0.15) is 5.82 Å². The molecule has 23 heavy (non-hydrogen) atoms. The van der Waals surface area contributed by atoms with Gasteiger partial charge in [-0.05, 0) is 46.7 Å². The highest BCUT2D eigenvalue weighted by Crippen LogP contribution is 2.21. The maximum Gasteiger partial charge on any atom is 0.227 e. The van der Waals surface area contributed by atoms with Crippen LogP contribution in [-0.4, -0.2) is 37.7 Å². The molecule has 116 valence electrons. The number of rotatable bonds is 4. The number of carbonyl (C=O) groups excluding carboxylic acids is 1. The Hall–Kier alpha value is -3.03. The largest absolute Gasteiger partial charge is 0.365 e. The van der Waals surface area contributed by atoms with Crippen molar-refractivity contribution in [2.75, 3.05) is 16.8 Å². The predicted octanol–water partition coefficient (Wildman–Crippen LogP) is 1.26. The van der Waals surface area contributed by atoms with Gasteiger partial charge in [-0.2, -0.15) is 0 Å². The first-order valence-corrected chi connectivity index (χ1v) is 7.48. The summed E-state index contributed by atoms with van der Waals surface area (Å²) in [5, 5.41) is 18.6. The van der Waals surface area contributed by atoms with Gasteiger partial charge in [0.15, 0.2) is 5.65 Å². The molecule has 0 radical (unpaired) electrons. The molecule has 1 fully saturated rings. The van der Waals surface area contributed by atoms with Gasteiger partial charge in [0.25, 0.3) is 0 Å². The second-order valence-electron chi connectivity index (χ2n) is 5.41. The summed E-state index contributed by atoms with van der Waals surface area (Å²) in [5.41, 5.74) is 2.68. The third-order valence-electron chi connectivity index (χ3n) is 3.86. The standard InChI is InChI=1S/C15H15N7O/c23-15-2-1-9-21(15)12-5-3-11(4-6-12)10-16-13-7-8-14-17-19-20-22(14)18-13/h3-8H,1-2,9-10H2,(H,16,18). The smallest absolute Gasteiger partial charge is 0.227 e. The van der Waals surface area contributed by atoms with Crippen LogP contribution in [0.2, 0.25) is 0 Å². The van der Waals surface area contributed by atoms with Crippen LogP contribution in [0.1, 0.15) is 18.4 Å². The van der Waals surface area contributed by atoms with E-state index in [0.717, 1.165) is 24.2 Å². The average Bonchev–Trinajstić information content (AvgIpc) is 3.21. The number of nitrogens with one attached hydrogen (secondary N) is 1. The molecule has 3 aromatic rings. The van der Waals surface area contributed by atoms with E-state index in [-0.39, 0.29) is 5.91 Å². The minimum absolute atomic E-state index is 0.204. The number of aromatic nitrogens is 5. The van der Waals surface area contributed by atoms with E-state index in [2.05, 4.69) is 25.9 Å². The van der Waals surface area contributed by atoms with Gasteiger partial charge in [-0.15, -0.1) is 14.8 Å². The van der Waals surface area contributed by atoms with E-state index >= 15 is 0 Å². The van der Waals surface area contributed by atoms with Crippen LogP contribution in [0.3, 0.4) is 0 Å². The summed E-state index contributed by atoms with van der Waals surface area (Å²) in [7, 11) is 0. The van der Waals surface area contributed by atoms with E-state index in [0.29, 0.717) is 24.4 Å². The van der Waals surface area contributed by atoms with E-state index in [4.69, 9.17) is 0 Å². The number of hydrogen-bond acceptors (Lipinski definition) is 6. The molecule has 1 aliphatic rings. The first kappa shape index (κ1) is 13.6. The molecule has 4 rings (SSSR count). The molecule has 0 atom stereocenters. The Morgan fingerprint density at radius 1 is 1.13 bits per heavy atom. The second kappa shape index (κ2) is 5.64. The lowest BCUT2D eigenvalue weighted by molar-refractivity contribution is -0.117. The third kappa shape index (κ3) is 2.70. The van der Waals surface area contributed by atoms with Gasteiger partial charge in [-0.3, -0.25) is 4.79 Å². The van der Waals surface area contributed by atoms with Crippen LogP contribution in [-0.2, 0) is 11.3 Å². The minimum Gasteiger partial charge on any atom is -0.365 e. The normalized spacial score (nSPS) is 14.6. The minimum atomic E-state index is 0.204. The monoisotopic (exact) mass is 309 g/mol. The summed E-state index contributed by atoms with van der Waals surface area (Å²) >= 11 is 0. The maximum absolute atomic E-state index is 11.7. The van der Waals surface area contributed by atoms with Crippen molar-refractivity contribution in [3.8, 4) is 0 Å². The van der Waals surface area contributed by atoms with E-state index in [1.54, 1.807) is 6.07 Å². The van der Waals surface area contributed by atoms with Gasteiger partial charge >= 0.3 is 0 Å². The van der Waals surface area contributed by atoms with Crippen LogP contribution in [0.25, 0.3) is 5.65 Å². The van der Waals surface area contributed by atoms with Gasteiger partial charge in [0.2, 0.25) is 5.91 Å². The van der Waals surface area contributed by atoms with Gasteiger partial charge in [0, 0.05) is 25.2 Å². The Morgan fingerprint density at radius 2 is 2.00 bits per heavy atom. The van der Waals surface area contributed by atoms with Crippen LogP contribution in [0, 0.1) is 0 Å². The number of tetrazole rings is 1. The summed E-state index contributed by atoms with van der Waals surface area (Å²) in [4.78, 5) is 13.6. The summed E-state index contributed by atoms with van der Waals surface area (Å²) in [6, 6.07) is 11.6. The number of anilines is 2. The van der Waals surface area contributed by atoms with Crippen molar-refractivity contribution in [2.24, 2.45) is 0 Å². The van der Waals surface area contributed by atoms with Gasteiger partial charge in [-0.1, -0.05) is 12.1 Å². The van der Waals surface area contributed by atoms with Crippen molar-refractivity contribution in [1.29, 1.82) is 0 Å². The lowest BCUT2D eigenvalue weighted by Crippen LogP contribution is -2.23. The summed E-state index contributed by atoms with van der Waals surface area (Å²) in [6.07, 6.45) is 1.59. The van der Waals surface area contributed by atoms with Gasteiger partial charge in [0.05, 0.1) is 0 Å². The quantitative estimate of drug-likeness (QED) is 0.780. The lowest BCUT2D eigenvalue weighted by atomic mass is 10.2. The van der Waals surface area contributed by atoms with Crippen molar-refractivity contribution in [3.63, 3.8) is 0 Å². The Labute approximate surface area is 132 Å². The molecule has 0 bridgehead atoms. The molecule has 8 heteroatoms. The number of carbonyl (C=O) groups is 1. The molecule has 0 saturated carbocycles. The van der Waals surface area contributed by atoms with Crippen molar-refractivity contribution < 1.29 is 4.79 Å². The molecule has 0 aliphatic carbocycles. The number of amides is 1. The van der Waals surface area contributed by atoms with Crippen molar-refractivity contribution in [1.82, 2.24) is 25.3 Å². The number of hydrogen-bond donors (Lipinski definition) is 1. The Balaban J connectivity index is 1.43. The molecule has 8 nitrogen and oxygen atoms in total. The third-order valence-corrected chi connectivity index (χ3v) is 3.86. The molecule has 0 unspecified atom stereocenters. The first-order chi connectivity index (χ1) is 11.3. The summed E-state index contributed by atoms with van der Waals surface area (Å²) in [5.74, 6) is 0.901. The van der Waals surface area contributed by atoms with Crippen molar-refractivity contribution >= 4 is 23.1 Å². The Morgan fingerprint density at radius 3 is 2.78 bits per heavy atom. The molecule has 1 saturated heterocycles. The molecule has 2 aromatic heterocycles. The zero-order chi connectivity index (χ0) is 15.6. The number of benzene rings is 1. The lowest BCUT2D eigenvalue weighted by Gasteiger charge is -2.16. The molecule has 1 amide bonds. The molecule has 1 N–H and O–H groups in total. The van der Waals surface area contributed by atoms with Crippen molar-refractivity contribution in [2.45, 2.75) is 19.4 Å². The topological polar surface area (TPSA) is 88.3 Å². The van der Waals surface area contributed by atoms with Crippen molar-refractivity contribution in [3.05, 3.63) is 42.0 Å². The van der Waals surface area contributed by atoms with Gasteiger partial charge < -0.3 is 10.2 Å². The highest BCUT2D eigenvalue weighted by atomic mass is 16.2. The second-order valence-corrected chi connectivity index (χ2v) is 5.41. The van der Waals surface area contributed by atoms with Crippen LogP contribution in [0.4, 0.5) is 11.5 Å². The zero-order valence-corrected chi connectivity index (χ0v) is 12.4. The SMILES string of the molecule is O=C1CCCN1c1ccc(CNc2ccc3nnnn3n2)cc1. The van der Waals surface area contributed by atoms with Crippen LogP contribution >= 0.6 is 0 Å². The van der Waals surface area contributed by atoms with Crippen LogP contribution < -0.4 is 10.2 Å². The van der Waals surface area contributed by atoms with Crippen LogP contribution in [0.15, 0.2) is 36.4 Å². The van der Waals surface area contributed by atoms with E-state index in [1.165, 1.54) is 4.63 Å². The van der Waals surface area contributed by atoms with E-state index in [1.807, 2.05) is 35.2 Å². The van der Waals surface area contributed by atoms with Gasteiger partial charge in [-0.25, -0.2) is 0 Å². The highest BCUT2D eigenvalue weighted by Gasteiger charge is 2.21. The molecular formula is C15H15N7O. The Bertz CT molecular complexity index is 842. The predicted molar refractivity (Wildman–Crippen MR) is 83.9 cm³/mol. The molecule has 1 aliphatic heterocycles. The number of nitrogens with zero attached hydrogens (tertiary/aromatic N) is 6. The van der Waals surface area contributed by atoms with Crippen LogP contribution in [0.5, 0.6) is 0 Å². The summed E-state index contributed by atoms with van der Waals surface area (Å²) in [6.45, 7) is 1.45. The fourth-order valence-electron chi connectivity index (χ4n) is 2.65. The summed E-state index contributed by atoms with van der Waals surface area (Å²) < 4.78 is 1.38. The Kier molecular flexibility index (Phi) is 3.34. The highest BCUT2D eigenvalue weighted by molar-refractivity contribution is 5.95. The molecule has 0 spiro atoms. The number of fused-ring (bicyclic) bond motifs is 1. The zero-order valence-electron chi connectivity index (χ0n) is 12.4. The van der Waals surface area contributed by atoms with E-state index < -0.39 is 0 Å². The maximum atomic E-state index is 11.7. The molecule has 1 aromatic carbocycles. The molecule has 3 heterocycles.